The van der Waals surface area contributed by atoms with E-state index in [0.717, 1.165) is 0 Å². The Kier molecular flexibility index (Phi) is 6.68. The van der Waals surface area contributed by atoms with Crippen molar-refractivity contribution in [3.63, 3.8) is 0 Å². The number of aromatic nitrogens is 1. The van der Waals surface area contributed by atoms with E-state index in [2.05, 4.69) is 15.1 Å². The van der Waals surface area contributed by atoms with Gasteiger partial charge in [0, 0.05) is 19.7 Å². The number of Topliss-reactive ketones (excluding diaryl/α,β-unsaturated/α-hetero) is 1. The highest BCUT2D eigenvalue weighted by molar-refractivity contribution is 6.25. The van der Waals surface area contributed by atoms with Gasteiger partial charge in [0.1, 0.15) is 6.04 Å². The lowest BCUT2D eigenvalue weighted by Gasteiger charge is -2.18. The number of carboxylic acid groups (broad SMARTS) is 1. The fraction of sp³-hybridized carbons (Fsp3) is 0.385. The van der Waals surface area contributed by atoms with E-state index in [9.17, 15) is 14.4 Å². The molecule has 3 N–H and O–H groups in total. The molecule has 0 saturated heterocycles. The van der Waals surface area contributed by atoms with Crippen molar-refractivity contribution in [2.24, 2.45) is 0 Å². The molecular formula is C13H16N4O5. The SMILES string of the molecule is CO[C@@H](C(=O)N[C@@H](CCC(=O)C=[N+]=[N-])C(=O)O)c1ccc[nH]1. The maximum Gasteiger partial charge on any atom is 0.326 e. The molecule has 0 saturated carbocycles. The summed E-state index contributed by atoms with van der Waals surface area (Å²) < 4.78 is 5.04. The third kappa shape index (κ3) is 4.97. The molecule has 0 aromatic carbocycles. The lowest BCUT2D eigenvalue weighted by molar-refractivity contribution is -0.144. The molecule has 22 heavy (non-hydrogen) atoms. The van der Waals surface area contributed by atoms with Crippen molar-refractivity contribution in [3.05, 3.63) is 29.6 Å². The van der Waals surface area contributed by atoms with Crippen molar-refractivity contribution >= 4 is 23.9 Å². The average Bonchev–Trinajstić information content (AvgIpc) is 2.98. The van der Waals surface area contributed by atoms with Crippen molar-refractivity contribution in [1.82, 2.24) is 10.3 Å². The third-order valence-electron chi connectivity index (χ3n) is 2.87. The third-order valence-corrected chi connectivity index (χ3v) is 2.87. The van der Waals surface area contributed by atoms with Crippen molar-refractivity contribution in [2.75, 3.05) is 7.11 Å². The van der Waals surface area contributed by atoms with Gasteiger partial charge in [0.05, 0.1) is 5.69 Å². The predicted octanol–water partition coefficient (Wildman–Crippen LogP) is -0.0785. The fourth-order valence-electron chi connectivity index (χ4n) is 1.80. The number of ether oxygens (including phenoxy) is 1. The molecule has 2 atom stereocenters. The second kappa shape index (κ2) is 8.50. The molecule has 0 bridgehead atoms. The number of carbonyl (C=O) groups is 3. The first-order chi connectivity index (χ1) is 10.5. The summed E-state index contributed by atoms with van der Waals surface area (Å²) in [7, 11) is 1.32. The average molecular weight is 308 g/mol. The largest absolute Gasteiger partial charge is 0.480 e. The van der Waals surface area contributed by atoms with Crippen molar-refractivity contribution in [2.45, 2.75) is 25.0 Å². The van der Waals surface area contributed by atoms with Crippen LogP contribution in [0.15, 0.2) is 18.3 Å². The highest BCUT2D eigenvalue weighted by Crippen LogP contribution is 2.15. The zero-order valence-corrected chi connectivity index (χ0v) is 11.9. The Hall–Kier alpha value is -2.77. The van der Waals surface area contributed by atoms with Gasteiger partial charge in [0.25, 0.3) is 5.91 Å². The summed E-state index contributed by atoms with van der Waals surface area (Å²) in [4.78, 5) is 39.8. The number of hydrogen-bond donors (Lipinski definition) is 3. The van der Waals surface area contributed by atoms with E-state index in [1.54, 1.807) is 18.3 Å². The number of amides is 1. The van der Waals surface area contributed by atoms with Crippen LogP contribution in [0.1, 0.15) is 24.6 Å². The standard InChI is InChI=1S/C13H16N4O5/c1-22-11(9-3-2-6-15-9)12(19)17-10(13(20)21)5-4-8(18)7-16-14/h2-3,6-7,10-11,15H,4-5H2,1H3,(H,17,19)(H,20,21)/t10-,11+/m0/s1. The van der Waals surface area contributed by atoms with Gasteiger partial charge in [0.15, 0.2) is 6.10 Å². The summed E-state index contributed by atoms with van der Waals surface area (Å²) in [6.45, 7) is 0. The Balaban J connectivity index is 2.69. The van der Waals surface area contributed by atoms with E-state index in [0.29, 0.717) is 11.9 Å². The monoisotopic (exact) mass is 308 g/mol. The Bertz CT molecular complexity index is 577. The molecule has 1 amide bonds. The number of carbonyl (C=O) groups excluding carboxylic acids is 2. The second-order valence-electron chi connectivity index (χ2n) is 4.39. The van der Waals surface area contributed by atoms with Crippen LogP contribution in [-0.4, -0.2) is 51.9 Å². The summed E-state index contributed by atoms with van der Waals surface area (Å²) >= 11 is 0. The van der Waals surface area contributed by atoms with E-state index in [-0.39, 0.29) is 12.8 Å². The number of H-pyrrole nitrogens is 1. The Labute approximate surface area is 125 Å². The molecule has 0 fully saturated rings. The quantitative estimate of drug-likeness (QED) is 0.332. The smallest absolute Gasteiger partial charge is 0.326 e. The summed E-state index contributed by atoms with van der Waals surface area (Å²) in [5.74, 6) is -2.46. The molecule has 0 aliphatic carbocycles. The molecule has 0 aliphatic heterocycles. The van der Waals surface area contributed by atoms with Gasteiger partial charge in [-0.15, -0.1) is 0 Å². The minimum Gasteiger partial charge on any atom is -0.480 e. The number of ketones is 1. The van der Waals surface area contributed by atoms with E-state index in [1.165, 1.54) is 7.11 Å². The fourth-order valence-corrected chi connectivity index (χ4v) is 1.80. The number of nitrogens with zero attached hydrogens (tertiary/aromatic N) is 2. The molecule has 0 unspecified atom stereocenters. The minimum absolute atomic E-state index is 0.132. The van der Waals surface area contributed by atoms with Gasteiger partial charge in [-0.3, -0.25) is 9.59 Å². The number of methoxy groups -OCH3 is 1. The lowest BCUT2D eigenvalue weighted by Crippen LogP contribution is -2.43. The van der Waals surface area contributed by atoms with Gasteiger partial charge in [-0.2, -0.15) is 4.79 Å². The maximum absolute atomic E-state index is 12.1. The molecule has 0 radical (unpaired) electrons. The molecule has 0 spiro atoms. The first-order valence-corrected chi connectivity index (χ1v) is 6.39. The highest BCUT2D eigenvalue weighted by atomic mass is 16.5. The zero-order chi connectivity index (χ0) is 16.5. The van der Waals surface area contributed by atoms with Crippen LogP contribution in [0.3, 0.4) is 0 Å². The zero-order valence-electron chi connectivity index (χ0n) is 11.9. The first kappa shape index (κ1) is 17.3. The molecule has 1 heterocycles. The van der Waals surface area contributed by atoms with Gasteiger partial charge in [-0.1, -0.05) is 0 Å². The van der Waals surface area contributed by atoms with Gasteiger partial charge in [-0.05, 0) is 18.6 Å². The van der Waals surface area contributed by atoms with Crippen molar-refractivity contribution in [3.8, 4) is 0 Å². The summed E-state index contributed by atoms with van der Waals surface area (Å²) in [5.41, 5.74) is 8.69. The molecule has 118 valence electrons. The van der Waals surface area contributed by atoms with E-state index in [1.807, 2.05) is 0 Å². The Morgan fingerprint density at radius 3 is 2.77 bits per heavy atom. The van der Waals surface area contributed by atoms with Crippen LogP contribution >= 0.6 is 0 Å². The van der Waals surface area contributed by atoms with E-state index < -0.39 is 29.8 Å². The lowest BCUT2D eigenvalue weighted by atomic mass is 10.1. The topological polar surface area (TPSA) is 145 Å². The van der Waals surface area contributed by atoms with Crippen LogP contribution < -0.4 is 5.32 Å². The van der Waals surface area contributed by atoms with Crippen LogP contribution in [0.2, 0.25) is 0 Å². The van der Waals surface area contributed by atoms with Crippen LogP contribution in [-0.2, 0) is 19.1 Å². The Morgan fingerprint density at radius 2 is 2.27 bits per heavy atom. The summed E-state index contributed by atoms with van der Waals surface area (Å²) in [5, 5.41) is 11.4. The van der Waals surface area contributed by atoms with Crippen LogP contribution in [0.25, 0.3) is 5.53 Å². The molecule has 0 aliphatic rings. The molecule has 1 aromatic rings. The van der Waals surface area contributed by atoms with E-state index in [4.69, 9.17) is 15.4 Å². The van der Waals surface area contributed by atoms with E-state index >= 15 is 0 Å². The van der Waals surface area contributed by atoms with Crippen molar-refractivity contribution < 1.29 is 29.0 Å². The van der Waals surface area contributed by atoms with Gasteiger partial charge < -0.3 is 25.7 Å². The van der Waals surface area contributed by atoms with Gasteiger partial charge in [0.2, 0.25) is 5.78 Å². The first-order valence-electron chi connectivity index (χ1n) is 6.39. The molecule has 1 aromatic heterocycles. The normalized spacial score (nSPS) is 12.8. The molecule has 1 rings (SSSR count). The number of hydrogen-bond acceptors (Lipinski definition) is 4. The maximum atomic E-state index is 12.1. The van der Waals surface area contributed by atoms with Crippen molar-refractivity contribution in [1.29, 1.82) is 0 Å². The number of aromatic amines is 1. The summed E-state index contributed by atoms with van der Waals surface area (Å²) in [6.07, 6.45) is 0.995. The van der Waals surface area contributed by atoms with Gasteiger partial charge in [-0.25, -0.2) is 4.79 Å². The van der Waals surface area contributed by atoms with Gasteiger partial charge >= 0.3 is 12.2 Å². The summed E-state index contributed by atoms with van der Waals surface area (Å²) in [6, 6.07) is 2.05. The van der Waals surface area contributed by atoms with Crippen LogP contribution in [0.4, 0.5) is 0 Å². The molecule has 9 nitrogen and oxygen atoms in total. The predicted molar refractivity (Wildman–Crippen MR) is 74.0 cm³/mol. The number of nitrogens with one attached hydrogen (secondary N) is 2. The molecule has 9 heteroatoms. The number of aliphatic carboxylic acids is 1. The number of carboxylic acids is 1. The minimum atomic E-state index is -1.27. The number of rotatable bonds is 9. The second-order valence-corrected chi connectivity index (χ2v) is 4.39. The molecular weight excluding hydrogens is 292 g/mol. The van der Waals surface area contributed by atoms with Crippen LogP contribution in [0.5, 0.6) is 0 Å². The van der Waals surface area contributed by atoms with Crippen LogP contribution in [0, 0.1) is 0 Å². The Morgan fingerprint density at radius 1 is 1.55 bits per heavy atom. The highest BCUT2D eigenvalue weighted by Gasteiger charge is 2.27.